The first kappa shape index (κ1) is 22.1. The van der Waals surface area contributed by atoms with Crippen molar-refractivity contribution < 1.29 is 32.6 Å². The van der Waals surface area contributed by atoms with Gasteiger partial charge in [-0.05, 0) is 30.1 Å². The number of rotatable bonds is 8. The summed E-state index contributed by atoms with van der Waals surface area (Å²) in [7, 11) is -0.955. The van der Waals surface area contributed by atoms with Crippen molar-refractivity contribution in [3.63, 3.8) is 0 Å². The third-order valence-corrected chi connectivity index (χ3v) is 7.02. The number of aliphatic hydroxyl groups excluding tert-OH is 1. The van der Waals surface area contributed by atoms with Gasteiger partial charge in [-0.2, -0.15) is 0 Å². The molecular weight excluding hydrogens is 384 g/mol. The molecule has 1 atom stereocenters. The summed E-state index contributed by atoms with van der Waals surface area (Å²) < 4.78 is 36.6. The standard InChI is InChI=1S/C20H26O7S/c1-6-28(24,25)16(10-20(2,3)11-21)12-9-15(26-4)17-13(22)7-8-14(23)18(17)19(12)27-5/h7-9,16,21H,6,10-11H2,1-5H3. The molecule has 1 aromatic carbocycles. The number of sulfone groups is 1. The highest BCUT2D eigenvalue weighted by Crippen LogP contribution is 2.45. The summed E-state index contributed by atoms with van der Waals surface area (Å²) in [5.41, 5.74) is -0.383. The molecule has 0 bridgehead atoms. The Kier molecular flexibility index (Phi) is 6.35. The maximum Gasteiger partial charge on any atom is 0.190 e. The number of fused-ring (bicyclic) bond motifs is 1. The zero-order chi connectivity index (χ0) is 21.3. The lowest BCUT2D eigenvalue weighted by Gasteiger charge is -2.30. The molecule has 1 N–H and O–H groups in total. The van der Waals surface area contributed by atoms with Crippen molar-refractivity contribution in [1.29, 1.82) is 0 Å². The topological polar surface area (TPSA) is 107 Å². The molecule has 0 aromatic heterocycles. The van der Waals surface area contributed by atoms with Crippen LogP contribution in [0.4, 0.5) is 0 Å². The number of ether oxygens (including phenoxy) is 2. The molecule has 1 aliphatic carbocycles. The van der Waals surface area contributed by atoms with Gasteiger partial charge in [-0.15, -0.1) is 0 Å². The molecule has 154 valence electrons. The van der Waals surface area contributed by atoms with Crippen molar-refractivity contribution in [3.05, 3.63) is 34.9 Å². The van der Waals surface area contributed by atoms with Gasteiger partial charge in [0, 0.05) is 17.9 Å². The number of benzene rings is 1. The van der Waals surface area contributed by atoms with Gasteiger partial charge in [0.25, 0.3) is 0 Å². The normalized spacial score (nSPS) is 15.4. The maximum absolute atomic E-state index is 12.9. The Hall–Kier alpha value is -2.19. The first-order valence-corrected chi connectivity index (χ1v) is 10.6. The molecule has 0 aliphatic heterocycles. The van der Waals surface area contributed by atoms with Crippen LogP contribution in [0.2, 0.25) is 0 Å². The van der Waals surface area contributed by atoms with E-state index >= 15 is 0 Å². The number of allylic oxidation sites excluding steroid dienone is 2. The number of hydrogen-bond donors (Lipinski definition) is 1. The second-order valence-corrected chi connectivity index (χ2v) is 9.95. The Morgan fingerprint density at radius 3 is 2.11 bits per heavy atom. The second-order valence-electron chi connectivity index (χ2n) is 7.48. The highest BCUT2D eigenvalue weighted by atomic mass is 32.2. The van der Waals surface area contributed by atoms with Gasteiger partial charge in [-0.25, -0.2) is 8.42 Å². The van der Waals surface area contributed by atoms with Crippen LogP contribution >= 0.6 is 0 Å². The number of methoxy groups -OCH3 is 2. The summed E-state index contributed by atoms with van der Waals surface area (Å²) in [4.78, 5) is 24.9. The molecule has 0 spiro atoms. The van der Waals surface area contributed by atoms with E-state index in [1.165, 1.54) is 27.2 Å². The first-order valence-electron chi connectivity index (χ1n) is 8.91. The summed E-state index contributed by atoms with van der Waals surface area (Å²) >= 11 is 0. The Morgan fingerprint density at radius 1 is 1.07 bits per heavy atom. The van der Waals surface area contributed by atoms with E-state index < -0.39 is 32.1 Å². The Balaban J connectivity index is 2.87. The molecule has 28 heavy (non-hydrogen) atoms. The van der Waals surface area contributed by atoms with Crippen LogP contribution in [0.15, 0.2) is 18.2 Å². The van der Waals surface area contributed by atoms with E-state index in [0.29, 0.717) is 0 Å². The van der Waals surface area contributed by atoms with Crippen LogP contribution in [0, 0.1) is 5.41 Å². The summed E-state index contributed by atoms with van der Waals surface area (Å²) in [6.07, 6.45) is 2.40. The molecule has 0 saturated carbocycles. The maximum atomic E-state index is 12.9. The fourth-order valence-corrected chi connectivity index (χ4v) is 4.95. The van der Waals surface area contributed by atoms with E-state index in [4.69, 9.17) is 9.47 Å². The number of carbonyl (C=O) groups excluding carboxylic acids is 2. The Morgan fingerprint density at radius 2 is 1.64 bits per heavy atom. The molecule has 1 unspecified atom stereocenters. The van der Waals surface area contributed by atoms with Crippen molar-refractivity contribution in [1.82, 2.24) is 0 Å². The van der Waals surface area contributed by atoms with Crippen LogP contribution in [0.5, 0.6) is 11.5 Å². The predicted molar refractivity (Wildman–Crippen MR) is 105 cm³/mol. The Bertz CT molecular complexity index is 926. The van der Waals surface area contributed by atoms with Crippen molar-refractivity contribution >= 4 is 21.4 Å². The molecule has 0 radical (unpaired) electrons. The van der Waals surface area contributed by atoms with Crippen LogP contribution in [0.3, 0.4) is 0 Å². The van der Waals surface area contributed by atoms with Gasteiger partial charge in [0.1, 0.15) is 11.5 Å². The fraction of sp³-hybridized carbons (Fsp3) is 0.500. The highest BCUT2D eigenvalue weighted by molar-refractivity contribution is 7.91. The third kappa shape index (κ3) is 3.98. The smallest absolute Gasteiger partial charge is 0.190 e. The minimum absolute atomic E-state index is 0.00228. The van der Waals surface area contributed by atoms with E-state index in [1.807, 2.05) is 0 Å². The van der Waals surface area contributed by atoms with E-state index in [9.17, 15) is 23.1 Å². The van der Waals surface area contributed by atoms with Crippen LogP contribution in [-0.2, 0) is 9.84 Å². The van der Waals surface area contributed by atoms with Crippen LogP contribution in [0.25, 0.3) is 0 Å². The van der Waals surface area contributed by atoms with Crippen LogP contribution in [-0.4, -0.2) is 51.7 Å². The molecule has 1 aliphatic rings. The summed E-state index contributed by atoms with van der Waals surface area (Å²) in [5, 5.41) is 8.63. The summed E-state index contributed by atoms with van der Waals surface area (Å²) in [6, 6.07) is 1.45. The lowest BCUT2D eigenvalue weighted by molar-refractivity contribution is 0.0988. The molecule has 8 heteroatoms. The van der Waals surface area contributed by atoms with Crippen LogP contribution < -0.4 is 9.47 Å². The van der Waals surface area contributed by atoms with Gasteiger partial charge >= 0.3 is 0 Å². The lowest BCUT2D eigenvalue weighted by atomic mass is 9.84. The van der Waals surface area contributed by atoms with Crippen LogP contribution in [0.1, 0.15) is 58.7 Å². The molecule has 0 saturated heterocycles. The quantitative estimate of drug-likeness (QED) is 0.702. The van der Waals surface area contributed by atoms with E-state index in [-0.39, 0.29) is 47.0 Å². The van der Waals surface area contributed by atoms with Crippen molar-refractivity contribution in [2.24, 2.45) is 5.41 Å². The molecule has 1 aromatic rings. The summed E-state index contributed by atoms with van der Waals surface area (Å²) in [6.45, 7) is 4.83. The third-order valence-electron chi connectivity index (χ3n) is 4.92. The van der Waals surface area contributed by atoms with Gasteiger partial charge in [0.05, 0.1) is 30.6 Å². The van der Waals surface area contributed by atoms with E-state index in [2.05, 4.69) is 0 Å². The average molecular weight is 410 g/mol. The zero-order valence-electron chi connectivity index (χ0n) is 16.7. The summed E-state index contributed by atoms with van der Waals surface area (Å²) in [5.74, 6) is -0.836. The second kappa shape index (κ2) is 8.05. The van der Waals surface area contributed by atoms with E-state index in [1.54, 1.807) is 13.8 Å². The molecule has 7 nitrogen and oxygen atoms in total. The molecular formula is C20H26O7S. The fourth-order valence-electron chi connectivity index (χ4n) is 3.28. The number of aliphatic hydroxyl groups is 1. The monoisotopic (exact) mass is 410 g/mol. The molecule has 0 fully saturated rings. The Labute approximate surface area is 165 Å². The molecule has 2 rings (SSSR count). The van der Waals surface area contributed by atoms with Crippen molar-refractivity contribution in [2.45, 2.75) is 32.4 Å². The highest BCUT2D eigenvalue weighted by Gasteiger charge is 2.38. The zero-order valence-corrected chi connectivity index (χ0v) is 17.6. The van der Waals surface area contributed by atoms with E-state index in [0.717, 1.165) is 12.2 Å². The van der Waals surface area contributed by atoms with Gasteiger partial charge in [0.2, 0.25) is 0 Å². The van der Waals surface area contributed by atoms with Gasteiger partial charge in [-0.1, -0.05) is 20.8 Å². The molecule has 0 heterocycles. The molecule has 0 amide bonds. The van der Waals surface area contributed by atoms with Crippen molar-refractivity contribution in [3.8, 4) is 11.5 Å². The number of carbonyl (C=O) groups is 2. The van der Waals surface area contributed by atoms with Gasteiger partial charge in [0.15, 0.2) is 21.4 Å². The minimum atomic E-state index is -3.63. The number of hydrogen-bond acceptors (Lipinski definition) is 7. The number of ketones is 2. The predicted octanol–water partition coefficient (Wildman–Crippen LogP) is 2.52. The lowest BCUT2D eigenvalue weighted by Crippen LogP contribution is -2.27. The SMILES string of the molecule is CCS(=O)(=O)C(CC(C)(C)CO)c1cc(OC)c2c(c1OC)C(=O)C=CC2=O. The van der Waals surface area contributed by atoms with Gasteiger partial charge < -0.3 is 14.6 Å². The minimum Gasteiger partial charge on any atom is -0.496 e. The first-order chi connectivity index (χ1) is 13.0. The van der Waals surface area contributed by atoms with Crippen molar-refractivity contribution in [2.75, 3.05) is 26.6 Å². The largest absolute Gasteiger partial charge is 0.496 e. The average Bonchev–Trinajstić information content (AvgIpc) is 2.67. The van der Waals surface area contributed by atoms with Gasteiger partial charge in [-0.3, -0.25) is 9.59 Å².